The highest BCUT2D eigenvalue weighted by Gasteiger charge is 2.08. The van der Waals surface area contributed by atoms with Gasteiger partial charge in [-0.15, -0.1) is 0 Å². The van der Waals surface area contributed by atoms with Gasteiger partial charge in [0.15, 0.2) is 0 Å². The minimum absolute atomic E-state index is 0.612. The number of rotatable bonds is 2. The zero-order valence-electron chi connectivity index (χ0n) is 9.29. The molecule has 15 heavy (non-hydrogen) atoms. The third-order valence-electron chi connectivity index (χ3n) is 2.40. The second-order valence-corrected chi connectivity index (χ2v) is 5.14. The predicted molar refractivity (Wildman–Crippen MR) is 67.0 cm³/mol. The minimum atomic E-state index is 0.612. The van der Waals surface area contributed by atoms with Gasteiger partial charge < -0.3 is 0 Å². The average Bonchev–Trinajstić information content (AvgIpc) is 2.42. The van der Waals surface area contributed by atoms with Gasteiger partial charge in [0.1, 0.15) is 4.60 Å². The molecular formula is C12H15BrN2. The van der Waals surface area contributed by atoms with E-state index in [1.165, 1.54) is 16.5 Å². The maximum atomic E-state index is 4.50. The number of aromatic nitrogens is 2. The van der Waals surface area contributed by atoms with Gasteiger partial charge in [-0.1, -0.05) is 19.9 Å². The summed E-state index contributed by atoms with van der Waals surface area (Å²) in [6.45, 7) is 7.49. The van der Waals surface area contributed by atoms with Crippen LogP contribution in [-0.2, 0) is 6.54 Å². The molecule has 0 amide bonds. The molecular weight excluding hydrogens is 252 g/mol. The number of nitrogens with zero attached hydrogens (tertiary/aromatic N) is 2. The van der Waals surface area contributed by atoms with Gasteiger partial charge in [0.05, 0.1) is 5.52 Å². The van der Waals surface area contributed by atoms with Crippen LogP contribution in [0.2, 0.25) is 0 Å². The van der Waals surface area contributed by atoms with Gasteiger partial charge in [0.2, 0.25) is 0 Å². The van der Waals surface area contributed by atoms with E-state index < -0.39 is 0 Å². The van der Waals surface area contributed by atoms with E-state index in [0.29, 0.717) is 5.92 Å². The van der Waals surface area contributed by atoms with Crippen molar-refractivity contribution in [1.82, 2.24) is 9.78 Å². The highest BCUT2D eigenvalue weighted by molar-refractivity contribution is 9.10. The van der Waals surface area contributed by atoms with Crippen molar-refractivity contribution in [2.45, 2.75) is 27.3 Å². The zero-order chi connectivity index (χ0) is 11.0. The number of hydrogen-bond acceptors (Lipinski definition) is 1. The highest BCUT2D eigenvalue weighted by Crippen LogP contribution is 2.24. The van der Waals surface area contributed by atoms with E-state index in [-0.39, 0.29) is 0 Å². The zero-order valence-corrected chi connectivity index (χ0v) is 10.9. The lowest BCUT2D eigenvalue weighted by atomic mass is 10.2. The second-order valence-electron chi connectivity index (χ2n) is 4.39. The molecule has 0 N–H and O–H groups in total. The number of benzene rings is 1. The molecule has 0 aliphatic heterocycles. The van der Waals surface area contributed by atoms with Crippen LogP contribution in [0.4, 0.5) is 0 Å². The average molecular weight is 267 g/mol. The van der Waals surface area contributed by atoms with Crippen LogP contribution >= 0.6 is 15.9 Å². The Kier molecular flexibility index (Phi) is 2.83. The molecule has 1 heterocycles. The summed E-state index contributed by atoms with van der Waals surface area (Å²) in [6, 6.07) is 6.43. The van der Waals surface area contributed by atoms with Gasteiger partial charge in [-0.3, -0.25) is 4.68 Å². The van der Waals surface area contributed by atoms with Crippen LogP contribution in [0.25, 0.3) is 10.9 Å². The van der Waals surface area contributed by atoms with Crippen molar-refractivity contribution in [3.8, 4) is 0 Å². The molecule has 0 saturated heterocycles. The quantitative estimate of drug-likeness (QED) is 0.810. The van der Waals surface area contributed by atoms with Gasteiger partial charge in [-0.05, 0) is 46.5 Å². The standard InChI is InChI=1S/C12H15BrN2/c1-8(2)7-15-11-6-9(3)4-5-10(11)12(13)14-15/h4-6,8H,7H2,1-3H3. The Balaban J connectivity index is 2.59. The number of fused-ring (bicyclic) bond motifs is 1. The summed E-state index contributed by atoms with van der Waals surface area (Å²) < 4.78 is 3.02. The molecule has 2 aromatic rings. The van der Waals surface area contributed by atoms with E-state index in [0.717, 1.165) is 11.1 Å². The summed E-state index contributed by atoms with van der Waals surface area (Å²) in [6.07, 6.45) is 0. The fourth-order valence-corrected chi connectivity index (χ4v) is 2.26. The fourth-order valence-electron chi connectivity index (χ4n) is 1.73. The molecule has 2 nitrogen and oxygen atoms in total. The lowest BCUT2D eigenvalue weighted by molar-refractivity contribution is 0.493. The first-order valence-corrected chi connectivity index (χ1v) is 6.00. The first-order valence-electron chi connectivity index (χ1n) is 5.20. The van der Waals surface area contributed by atoms with Crippen LogP contribution in [0.3, 0.4) is 0 Å². The van der Waals surface area contributed by atoms with Crippen LogP contribution in [0.15, 0.2) is 22.8 Å². The van der Waals surface area contributed by atoms with Crippen molar-refractivity contribution in [2.75, 3.05) is 0 Å². The molecule has 0 atom stereocenters. The van der Waals surface area contributed by atoms with Crippen molar-refractivity contribution in [1.29, 1.82) is 0 Å². The Morgan fingerprint density at radius 3 is 2.80 bits per heavy atom. The monoisotopic (exact) mass is 266 g/mol. The molecule has 0 unspecified atom stereocenters. The van der Waals surface area contributed by atoms with Crippen molar-refractivity contribution < 1.29 is 0 Å². The summed E-state index contributed by atoms with van der Waals surface area (Å²) in [7, 11) is 0. The molecule has 0 aliphatic carbocycles. The number of halogens is 1. The van der Waals surface area contributed by atoms with Crippen molar-refractivity contribution in [3.63, 3.8) is 0 Å². The highest BCUT2D eigenvalue weighted by atomic mass is 79.9. The summed E-state index contributed by atoms with van der Waals surface area (Å²) in [5.74, 6) is 0.612. The Morgan fingerprint density at radius 1 is 1.40 bits per heavy atom. The van der Waals surface area contributed by atoms with Gasteiger partial charge in [-0.25, -0.2) is 0 Å². The molecule has 0 bridgehead atoms. The second kappa shape index (κ2) is 3.97. The summed E-state index contributed by atoms with van der Waals surface area (Å²) in [5.41, 5.74) is 2.50. The molecule has 80 valence electrons. The molecule has 0 fully saturated rings. The fraction of sp³-hybridized carbons (Fsp3) is 0.417. The maximum Gasteiger partial charge on any atom is 0.135 e. The summed E-state index contributed by atoms with van der Waals surface area (Å²) in [5, 5.41) is 5.70. The van der Waals surface area contributed by atoms with Gasteiger partial charge in [0, 0.05) is 11.9 Å². The molecule has 2 rings (SSSR count). The van der Waals surface area contributed by atoms with Crippen molar-refractivity contribution in [3.05, 3.63) is 28.4 Å². The molecule has 0 spiro atoms. The summed E-state index contributed by atoms with van der Waals surface area (Å²) in [4.78, 5) is 0. The predicted octanol–water partition coefficient (Wildman–Crippen LogP) is 3.76. The van der Waals surface area contributed by atoms with E-state index in [1.807, 2.05) is 0 Å². The van der Waals surface area contributed by atoms with Crippen LogP contribution < -0.4 is 0 Å². The molecule has 1 aromatic carbocycles. The third-order valence-corrected chi connectivity index (χ3v) is 2.99. The van der Waals surface area contributed by atoms with Crippen molar-refractivity contribution in [2.24, 2.45) is 5.92 Å². The Morgan fingerprint density at radius 2 is 2.13 bits per heavy atom. The van der Waals surface area contributed by atoms with E-state index in [4.69, 9.17) is 0 Å². The molecule has 0 saturated carbocycles. The Labute approximate surface area is 98.4 Å². The van der Waals surface area contributed by atoms with E-state index in [9.17, 15) is 0 Å². The van der Waals surface area contributed by atoms with Gasteiger partial charge in [0.25, 0.3) is 0 Å². The lowest BCUT2D eigenvalue weighted by Gasteiger charge is -2.06. The van der Waals surface area contributed by atoms with E-state index >= 15 is 0 Å². The van der Waals surface area contributed by atoms with Crippen LogP contribution in [-0.4, -0.2) is 9.78 Å². The molecule has 1 aromatic heterocycles. The Hall–Kier alpha value is -0.830. The van der Waals surface area contributed by atoms with Gasteiger partial charge >= 0.3 is 0 Å². The molecule has 3 heteroatoms. The molecule has 0 aliphatic rings. The first kappa shape index (κ1) is 10.7. The van der Waals surface area contributed by atoms with Crippen LogP contribution in [0, 0.1) is 12.8 Å². The summed E-state index contributed by atoms with van der Waals surface area (Å²) >= 11 is 3.50. The number of hydrogen-bond donors (Lipinski definition) is 0. The first-order chi connectivity index (χ1) is 7.08. The largest absolute Gasteiger partial charge is 0.263 e. The topological polar surface area (TPSA) is 17.8 Å². The lowest BCUT2D eigenvalue weighted by Crippen LogP contribution is -2.05. The number of aryl methyl sites for hydroxylation is 1. The Bertz CT molecular complexity index is 486. The molecule has 0 radical (unpaired) electrons. The maximum absolute atomic E-state index is 4.50. The normalized spacial score (nSPS) is 11.5. The van der Waals surface area contributed by atoms with Crippen molar-refractivity contribution >= 4 is 26.8 Å². The van der Waals surface area contributed by atoms with Crippen LogP contribution in [0.5, 0.6) is 0 Å². The van der Waals surface area contributed by atoms with Crippen LogP contribution in [0.1, 0.15) is 19.4 Å². The van der Waals surface area contributed by atoms with Gasteiger partial charge in [-0.2, -0.15) is 5.10 Å². The SMILES string of the molecule is Cc1ccc2c(Br)nn(CC(C)C)c2c1. The minimum Gasteiger partial charge on any atom is -0.263 e. The smallest absolute Gasteiger partial charge is 0.135 e. The third kappa shape index (κ3) is 2.07. The van der Waals surface area contributed by atoms with E-state index in [2.05, 4.69) is 64.7 Å². The van der Waals surface area contributed by atoms with E-state index in [1.54, 1.807) is 0 Å².